The van der Waals surface area contributed by atoms with Crippen molar-refractivity contribution < 1.29 is 23.0 Å². The molecule has 2 N–H and O–H groups in total. The summed E-state index contributed by atoms with van der Waals surface area (Å²) in [6.07, 6.45) is 1.16. The first-order valence-corrected chi connectivity index (χ1v) is 12.9. The van der Waals surface area contributed by atoms with Gasteiger partial charge in [-0.3, -0.25) is 9.69 Å². The number of benzene rings is 1. The molecule has 5 rings (SSSR count). The summed E-state index contributed by atoms with van der Waals surface area (Å²) in [5, 5.41) is 13.7. The van der Waals surface area contributed by atoms with Gasteiger partial charge in [-0.25, -0.2) is 23.1 Å². The number of aliphatic hydroxyl groups is 1. The molecule has 4 heterocycles. The van der Waals surface area contributed by atoms with Gasteiger partial charge in [0.25, 0.3) is 5.92 Å². The van der Waals surface area contributed by atoms with Crippen LogP contribution in [-0.2, 0) is 11.3 Å². The Kier molecular flexibility index (Phi) is 7.43. The molecule has 0 saturated carbocycles. The van der Waals surface area contributed by atoms with Crippen molar-refractivity contribution >= 4 is 16.9 Å². The normalized spacial score (nSPS) is 22.2. The zero-order chi connectivity index (χ0) is 27.0. The molecule has 204 valence electrons. The Hall–Kier alpha value is -3.02. The van der Waals surface area contributed by atoms with Crippen LogP contribution in [0.5, 0.6) is 0 Å². The highest BCUT2D eigenvalue weighted by Gasteiger charge is 2.35. The van der Waals surface area contributed by atoms with Gasteiger partial charge in [0.1, 0.15) is 5.69 Å². The van der Waals surface area contributed by atoms with Gasteiger partial charge < -0.3 is 19.7 Å². The lowest BCUT2D eigenvalue weighted by atomic mass is 10.0. The minimum Gasteiger partial charge on any atom is -0.389 e. The van der Waals surface area contributed by atoms with Crippen LogP contribution in [-0.4, -0.2) is 68.9 Å². The molecule has 38 heavy (non-hydrogen) atoms. The highest BCUT2D eigenvalue weighted by molar-refractivity contribution is 5.84. The first-order chi connectivity index (χ1) is 18.1. The minimum absolute atomic E-state index is 0.0507. The fourth-order valence-electron chi connectivity index (χ4n) is 5.38. The Morgan fingerprint density at radius 1 is 1.29 bits per heavy atom. The number of hydrogen-bond donors (Lipinski definition) is 2. The fourth-order valence-corrected chi connectivity index (χ4v) is 5.38. The lowest BCUT2D eigenvalue weighted by Gasteiger charge is -2.33. The highest BCUT2D eigenvalue weighted by atomic mass is 19.3. The van der Waals surface area contributed by atoms with Crippen molar-refractivity contribution in [3.63, 3.8) is 0 Å². The molecule has 2 aliphatic rings. The van der Waals surface area contributed by atoms with E-state index in [0.29, 0.717) is 48.2 Å². The van der Waals surface area contributed by atoms with Crippen LogP contribution < -0.4 is 10.7 Å². The Bertz CT molecular complexity index is 1380. The number of hydrogen-bond acceptors (Lipinski definition) is 7. The second-order valence-corrected chi connectivity index (χ2v) is 10.4. The van der Waals surface area contributed by atoms with Crippen LogP contribution in [0.4, 0.5) is 19.1 Å². The van der Waals surface area contributed by atoms with Crippen molar-refractivity contribution in [2.45, 2.75) is 63.8 Å². The number of fused-ring (bicyclic) bond motifs is 1. The molecule has 0 radical (unpaired) electrons. The first-order valence-electron chi connectivity index (χ1n) is 12.9. The molecular weight excluding hydrogens is 499 g/mol. The molecule has 2 aliphatic heterocycles. The smallest absolute Gasteiger partial charge is 0.260 e. The van der Waals surface area contributed by atoms with Crippen LogP contribution in [0.25, 0.3) is 22.2 Å². The van der Waals surface area contributed by atoms with Crippen molar-refractivity contribution in [3.8, 4) is 11.3 Å². The van der Waals surface area contributed by atoms with Gasteiger partial charge >= 0.3 is 0 Å². The number of anilines is 1. The Morgan fingerprint density at radius 2 is 2.11 bits per heavy atom. The Morgan fingerprint density at radius 3 is 2.84 bits per heavy atom. The number of nitrogens with one attached hydrogen (secondary N) is 1. The third-order valence-electron chi connectivity index (χ3n) is 7.16. The Balaban J connectivity index is 1.53. The van der Waals surface area contributed by atoms with E-state index in [1.54, 1.807) is 23.1 Å². The van der Waals surface area contributed by atoms with Gasteiger partial charge in [0.2, 0.25) is 5.95 Å². The van der Waals surface area contributed by atoms with E-state index in [-0.39, 0.29) is 55.3 Å². The van der Waals surface area contributed by atoms with Gasteiger partial charge in [0, 0.05) is 48.3 Å². The first kappa shape index (κ1) is 26.6. The third-order valence-corrected chi connectivity index (χ3v) is 7.16. The zero-order valence-corrected chi connectivity index (χ0v) is 21.5. The maximum atomic E-state index is 14.9. The standard InChI is InChI=1S/C27H32F3N5O3/c1-16(2)35-18(13-34-8-3-7-27(29,30)15-34)11-23(36)19-5-4-17(10-22(19)35)25-20(28)12-31-26(33-25)32-21-6-9-38-14-24(21)37/h4-5,10-12,16,21,24,37H,3,6-9,13-15H2,1-2H3,(H,31,32,33)/t21-,24-/m1/s1. The van der Waals surface area contributed by atoms with E-state index in [9.17, 15) is 23.1 Å². The van der Waals surface area contributed by atoms with E-state index in [1.807, 2.05) is 18.4 Å². The van der Waals surface area contributed by atoms with Crippen molar-refractivity contribution in [1.82, 2.24) is 19.4 Å². The molecule has 2 aromatic heterocycles. The van der Waals surface area contributed by atoms with Gasteiger partial charge in [0.05, 0.1) is 37.0 Å². The molecular formula is C27H32F3N5O3. The summed E-state index contributed by atoms with van der Waals surface area (Å²) in [6, 6.07) is 6.09. The molecule has 0 bridgehead atoms. The molecule has 8 nitrogen and oxygen atoms in total. The van der Waals surface area contributed by atoms with E-state index in [2.05, 4.69) is 15.3 Å². The number of nitrogens with zero attached hydrogens (tertiary/aromatic N) is 4. The van der Waals surface area contributed by atoms with E-state index in [1.165, 1.54) is 6.07 Å². The second-order valence-electron chi connectivity index (χ2n) is 10.4. The fraction of sp³-hybridized carbons (Fsp3) is 0.519. The summed E-state index contributed by atoms with van der Waals surface area (Å²) in [5.74, 6) is -3.21. The summed E-state index contributed by atoms with van der Waals surface area (Å²) >= 11 is 0. The number of likely N-dealkylation sites (tertiary alicyclic amines) is 1. The van der Waals surface area contributed by atoms with E-state index in [4.69, 9.17) is 4.74 Å². The van der Waals surface area contributed by atoms with Crippen LogP contribution in [0.15, 0.2) is 35.3 Å². The topological polar surface area (TPSA) is 92.5 Å². The van der Waals surface area contributed by atoms with Crippen LogP contribution in [0.2, 0.25) is 0 Å². The molecule has 1 aromatic carbocycles. The number of rotatable bonds is 6. The second kappa shape index (κ2) is 10.6. The lowest BCUT2D eigenvalue weighted by molar-refractivity contribution is -0.0665. The minimum atomic E-state index is -2.75. The molecule has 2 fully saturated rings. The van der Waals surface area contributed by atoms with Crippen molar-refractivity contribution in [1.29, 1.82) is 0 Å². The molecule has 11 heteroatoms. The summed E-state index contributed by atoms with van der Waals surface area (Å²) in [5.41, 5.74) is 1.49. The lowest BCUT2D eigenvalue weighted by Crippen LogP contribution is -2.42. The van der Waals surface area contributed by atoms with Crippen molar-refractivity contribution in [2.24, 2.45) is 0 Å². The molecule has 2 atom stereocenters. The van der Waals surface area contributed by atoms with Crippen LogP contribution >= 0.6 is 0 Å². The van der Waals surface area contributed by atoms with Gasteiger partial charge in [-0.15, -0.1) is 0 Å². The maximum absolute atomic E-state index is 14.9. The van der Waals surface area contributed by atoms with Crippen LogP contribution in [0.3, 0.4) is 0 Å². The number of aliphatic hydroxyl groups excluding tert-OH is 1. The van der Waals surface area contributed by atoms with Gasteiger partial charge in [-0.05, 0) is 45.4 Å². The van der Waals surface area contributed by atoms with Gasteiger partial charge in [-0.1, -0.05) is 6.07 Å². The summed E-state index contributed by atoms with van der Waals surface area (Å²) in [4.78, 5) is 23.1. The number of alkyl halides is 2. The van der Waals surface area contributed by atoms with E-state index < -0.39 is 17.8 Å². The number of ether oxygens (including phenoxy) is 1. The predicted octanol–water partition coefficient (Wildman–Crippen LogP) is 3.97. The third kappa shape index (κ3) is 5.55. The highest BCUT2D eigenvalue weighted by Crippen LogP contribution is 2.30. The summed E-state index contributed by atoms with van der Waals surface area (Å²) < 4.78 is 50.2. The maximum Gasteiger partial charge on any atom is 0.260 e. The van der Waals surface area contributed by atoms with Crippen LogP contribution in [0.1, 0.15) is 44.8 Å². The molecule has 0 unspecified atom stereocenters. The number of pyridine rings is 1. The molecule has 0 aliphatic carbocycles. The molecule has 0 spiro atoms. The Labute approximate surface area is 218 Å². The van der Waals surface area contributed by atoms with E-state index >= 15 is 0 Å². The largest absolute Gasteiger partial charge is 0.389 e. The summed E-state index contributed by atoms with van der Waals surface area (Å²) in [6.45, 7) is 4.99. The zero-order valence-electron chi connectivity index (χ0n) is 21.5. The van der Waals surface area contributed by atoms with Crippen LogP contribution in [0, 0.1) is 5.82 Å². The monoisotopic (exact) mass is 531 g/mol. The van der Waals surface area contributed by atoms with Crippen molar-refractivity contribution in [2.75, 3.05) is 31.6 Å². The average molecular weight is 532 g/mol. The van der Waals surface area contributed by atoms with Gasteiger partial charge in [-0.2, -0.15) is 0 Å². The van der Waals surface area contributed by atoms with Gasteiger partial charge in [0.15, 0.2) is 11.2 Å². The number of piperidine rings is 1. The number of halogens is 3. The summed E-state index contributed by atoms with van der Waals surface area (Å²) in [7, 11) is 0. The van der Waals surface area contributed by atoms with Crippen molar-refractivity contribution in [3.05, 3.63) is 52.2 Å². The molecule has 3 aromatic rings. The SMILES string of the molecule is CC(C)n1c(CN2CCCC(F)(F)C2)cc(=O)c2ccc(-c3nc(N[C@@H]4CCOC[C@H]4O)ncc3F)cc21. The molecule has 2 saturated heterocycles. The average Bonchev–Trinajstić information content (AvgIpc) is 2.85. The van der Waals surface area contributed by atoms with E-state index in [0.717, 1.165) is 6.20 Å². The molecule has 0 amide bonds. The number of aromatic nitrogens is 3. The predicted molar refractivity (Wildman–Crippen MR) is 138 cm³/mol. The quantitative estimate of drug-likeness (QED) is 0.497.